The molecule has 0 atom stereocenters. The normalized spacial score (nSPS) is 15.3. The molecule has 3 rings (SSSR count). The topological polar surface area (TPSA) is 42.0 Å². The number of benzene rings is 1. The molecule has 1 aliphatic carbocycles. The molecule has 2 aromatic rings. The fraction of sp³-hybridized carbons (Fsp3) is 0.294. The van der Waals surface area contributed by atoms with E-state index in [-0.39, 0.29) is 11.7 Å². The summed E-state index contributed by atoms with van der Waals surface area (Å²) in [6.45, 7) is 0. The van der Waals surface area contributed by atoms with Crippen LogP contribution in [0.4, 0.5) is 4.39 Å². The van der Waals surface area contributed by atoms with Gasteiger partial charge in [0.1, 0.15) is 5.82 Å². The predicted octanol–water partition coefficient (Wildman–Crippen LogP) is 3.26. The Morgan fingerprint density at radius 3 is 2.64 bits per heavy atom. The molecular formula is C17H17FN2OS. The van der Waals surface area contributed by atoms with Crippen molar-refractivity contribution in [3.05, 3.63) is 65.7 Å². The van der Waals surface area contributed by atoms with E-state index in [1.165, 1.54) is 6.07 Å². The van der Waals surface area contributed by atoms with Crippen molar-refractivity contribution >= 4 is 17.7 Å². The summed E-state index contributed by atoms with van der Waals surface area (Å²) in [5, 5.41) is 3.00. The zero-order chi connectivity index (χ0) is 15.4. The van der Waals surface area contributed by atoms with Gasteiger partial charge < -0.3 is 5.32 Å². The molecule has 0 radical (unpaired) electrons. The van der Waals surface area contributed by atoms with Gasteiger partial charge in [0.05, 0.1) is 11.3 Å². The number of carbonyl (C=O) groups excluding carboxylic acids is 1. The van der Waals surface area contributed by atoms with Crippen LogP contribution in [0.15, 0.2) is 48.8 Å². The average Bonchev–Trinajstić information content (AvgIpc) is 3.29. The number of amides is 1. The van der Waals surface area contributed by atoms with E-state index in [1.807, 2.05) is 18.2 Å². The van der Waals surface area contributed by atoms with E-state index in [9.17, 15) is 9.18 Å². The molecular weight excluding hydrogens is 299 g/mol. The molecule has 114 valence electrons. The van der Waals surface area contributed by atoms with Crippen LogP contribution in [-0.4, -0.2) is 16.6 Å². The third-order valence-corrected chi connectivity index (χ3v) is 4.77. The van der Waals surface area contributed by atoms with Crippen LogP contribution in [0.5, 0.6) is 0 Å². The van der Waals surface area contributed by atoms with E-state index < -0.39 is 5.54 Å². The van der Waals surface area contributed by atoms with Gasteiger partial charge in [-0.2, -0.15) is 0 Å². The smallest absolute Gasteiger partial charge is 0.230 e. The number of thioether (sulfide) groups is 1. The van der Waals surface area contributed by atoms with E-state index in [1.54, 1.807) is 36.3 Å². The van der Waals surface area contributed by atoms with Crippen LogP contribution in [0.2, 0.25) is 0 Å². The number of pyridine rings is 1. The van der Waals surface area contributed by atoms with Crippen LogP contribution in [0, 0.1) is 5.82 Å². The zero-order valence-corrected chi connectivity index (χ0v) is 12.9. The van der Waals surface area contributed by atoms with Crippen LogP contribution in [0.3, 0.4) is 0 Å². The van der Waals surface area contributed by atoms with Crippen LogP contribution in [-0.2, 0) is 16.1 Å². The molecule has 1 saturated carbocycles. The van der Waals surface area contributed by atoms with E-state index in [0.29, 0.717) is 11.3 Å². The number of hydrogen-bond acceptors (Lipinski definition) is 3. The number of rotatable bonds is 6. The maximum atomic E-state index is 13.9. The van der Waals surface area contributed by atoms with E-state index in [0.717, 1.165) is 24.2 Å². The van der Waals surface area contributed by atoms with Gasteiger partial charge >= 0.3 is 0 Å². The molecule has 0 unspecified atom stereocenters. The van der Waals surface area contributed by atoms with E-state index in [2.05, 4.69) is 10.3 Å². The number of nitrogens with one attached hydrogen (secondary N) is 1. The Morgan fingerprint density at radius 1 is 1.23 bits per heavy atom. The Kier molecular flexibility index (Phi) is 4.43. The largest absolute Gasteiger partial charge is 0.346 e. The summed E-state index contributed by atoms with van der Waals surface area (Å²) < 4.78 is 13.9. The third-order valence-electron chi connectivity index (χ3n) is 3.77. The number of halogens is 1. The highest BCUT2D eigenvalue weighted by Gasteiger charge is 2.47. The van der Waals surface area contributed by atoms with Gasteiger partial charge in [-0.05, 0) is 36.6 Å². The lowest BCUT2D eigenvalue weighted by Gasteiger charge is -2.18. The van der Waals surface area contributed by atoms with Crippen LogP contribution >= 0.6 is 11.8 Å². The number of hydrogen-bond donors (Lipinski definition) is 1. The van der Waals surface area contributed by atoms with Gasteiger partial charge in [0, 0.05) is 23.7 Å². The molecule has 1 aromatic carbocycles. The van der Waals surface area contributed by atoms with Crippen molar-refractivity contribution in [3.8, 4) is 0 Å². The van der Waals surface area contributed by atoms with Crippen molar-refractivity contribution in [2.45, 2.75) is 24.1 Å². The molecule has 22 heavy (non-hydrogen) atoms. The lowest BCUT2D eigenvalue weighted by molar-refractivity contribution is -0.119. The van der Waals surface area contributed by atoms with Crippen molar-refractivity contribution in [3.63, 3.8) is 0 Å². The van der Waals surface area contributed by atoms with Gasteiger partial charge in [-0.1, -0.05) is 18.2 Å². The van der Waals surface area contributed by atoms with Gasteiger partial charge in [-0.3, -0.25) is 9.78 Å². The van der Waals surface area contributed by atoms with Crippen LogP contribution in [0.1, 0.15) is 24.0 Å². The Balaban J connectivity index is 1.53. The second-order valence-corrected chi connectivity index (χ2v) is 6.44. The first-order valence-electron chi connectivity index (χ1n) is 7.22. The Bertz CT molecular complexity index is 659. The molecule has 1 aromatic heterocycles. The second-order valence-electron chi connectivity index (χ2n) is 5.46. The molecule has 3 nitrogen and oxygen atoms in total. The van der Waals surface area contributed by atoms with Gasteiger partial charge in [-0.15, -0.1) is 11.8 Å². The monoisotopic (exact) mass is 316 g/mol. The Morgan fingerprint density at radius 2 is 1.95 bits per heavy atom. The lowest BCUT2D eigenvalue weighted by Crippen LogP contribution is -2.36. The molecule has 0 bridgehead atoms. The van der Waals surface area contributed by atoms with Crippen molar-refractivity contribution in [1.29, 1.82) is 0 Å². The Hall–Kier alpha value is -1.88. The minimum atomic E-state index is -0.486. The average molecular weight is 316 g/mol. The fourth-order valence-electron chi connectivity index (χ4n) is 2.48. The molecule has 5 heteroatoms. The van der Waals surface area contributed by atoms with Crippen molar-refractivity contribution in [1.82, 2.24) is 10.3 Å². The maximum Gasteiger partial charge on any atom is 0.230 e. The molecule has 1 fully saturated rings. The summed E-state index contributed by atoms with van der Waals surface area (Å²) in [5.41, 5.74) is 1.25. The maximum absolute atomic E-state index is 13.9. The summed E-state index contributed by atoms with van der Waals surface area (Å²) in [6, 6.07) is 10.6. The minimum absolute atomic E-state index is 0.0418. The standard InChI is InChI=1S/C17H17FN2OS/c18-15-4-2-1-3-14(15)17(7-8-17)20-16(21)12-22-11-13-5-9-19-10-6-13/h1-6,9-10H,7-8,11-12H2,(H,20,21). The molecule has 0 saturated heterocycles. The van der Waals surface area contributed by atoms with Gasteiger partial charge in [0.25, 0.3) is 0 Å². The molecule has 1 heterocycles. The molecule has 1 amide bonds. The van der Waals surface area contributed by atoms with E-state index in [4.69, 9.17) is 0 Å². The molecule has 1 aliphatic rings. The highest BCUT2D eigenvalue weighted by molar-refractivity contribution is 7.99. The van der Waals surface area contributed by atoms with E-state index >= 15 is 0 Å². The molecule has 1 N–H and O–H groups in total. The van der Waals surface area contributed by atoms with Crippen molar-refractivity contribution in [2.75, 3.05) is 5.75 Å². The summed E-state index contributed by atoms with van der Waals surface area (Å²) in [4.78, 5) is 16.1. The number of carbonyl (C=O) groups is 1. The Labute approximate surface area is 133 Å². The van der Waals surface area contributed by atoms with Crippen LogP contribution in [0.25, 0.3) is 0 Å². The number of aromatic nitrogens is 1. The minimum Gasteiger partial charge on any atom is -0.346 e. The first kappa shape index (κ1) is 15.0. The first-order valence-corrected chi connectivity index (χ1v) is 8.38. The van der Waals surface area contributed by atoms with Crippen molar-refractivity contribution < 1.29 is 9.18 Å². The lowest BCUT2D eigenvalue weighted by atomic mass is 10.0. The molecule has 0 aliphatic heterocycles. The van der Waals surface area contributed by atoms with Gasteiger partial charge in [0.2, 0.25) is 5.91 Å². The highest BCUT2D eigenvalue weighted by Crippen LogP contribution is 2.46. The second kappa shape index (κ2) is 6.48. The summed E-state index contributed by atoms with van der Waals surface area (Å²) in [6.07, 6.45) is 5.09. The highest BCUT2D eigenvalue weighted by atomic mass is 32.2. The summed E-state index contributed by atoms with van der Waals surface area (Å²) in [7, 11) is 0. The zero-order valence-electron chi connectivity index (χ0n) is 12.1. The SMILES string of the molecule is O=C(CSCc1ccncc1)NC1(c2ccccc2F)CC1. The van der Waals surface area contributed by atoms with Gasteiger partial charge in [0.15, 0.2) is 0 Å². The first-order chi connectivity index (χ1) is 10.7. The fourth-order valence-corrected chi connectivity index (χ4v) is 3.27. The predicted molar refractivity (Wildman–Crippen MR) is 85.9 cm³/mol. The summed E-state index contributed by atoms with van der Waals surface area (Å²) in [5.74, 6) is 0.853. The number of nitrogens with zero attached hydrogens (tertiary/aromatic N) is 1. The summed E-state index contributed by atoms with van der Waals surface area (Å²) >= 11 is 1.55. The third kappa shape index (κ3) is 3.47. The van der Waals surface area contributed by atoms with Gasteiger partial charge in [-0.25, -0.2) is 4.39 Å². The van der Waals surface area contributed by atoms with Crippen LogP contribution < -0.4 is 5.32 Å². The molecule has 0 spiro atoms. The van der Waals surface area contributed by atoms with Crippen molar-refractivity contribution in [2.24, 2.45) is 0 Å². The quantitative estimate of drug-likeness (QED) is 0.889.